The van der Waals surface area contributed by atoms with E-state index in [0.717, 1.165) is 22.3 Å². The van der Waals surface area contributed by atoms with Gasteiger partial charge in [0, 0.05) is 7.05 Å². The van der Waals surface area contributed by atoms with Crippen molar-refractivity contribution in [3.63, 3.8) is 0 Å². The van der Waals surface area contributed by atoms with Gasteiger partial charge in [0.05, 0.1) is 12.6 Å². The SMILES string of the molecule is CN(C(=O)OCCO)C1c2ccccc2-c2ccccc21. The van der Waals surface area contributed by atoms with Gasteiger partial charge in [0.25, 0.3) is 0 Å². The van der Waals surface area contributed by atoms with Gasteiger partial charge in [-0.1, -0.05) is 48.5 Å². The van der Waals surface area contributed by atoms with E-state index >= 15 is 0 Å². The van der Waals surface area contributed by atoms with Crippen molar-refractivity contribution in [2.75, 3.05) is 20.3 Å². The van der Waals surface area contributed by atoms with Gasteiger partial charge in [-0.3, -0.25) is 0 Å². The quantitative estimate of drug-likeness (QED) is 0.942. The standard InChI is InChI=1S/C17H17NO3/c1-18(17(20)21-11-10-19)16-14-8-4-2-6-12(14)13-7-3-5-9-15(13)16/h2-9,16,19H,10-11H2,1H3. The maximum absolute atomic E-state index is 12.1. The van der Waals surface area contributed by atoms with Gasteiger partial charge < -0.3 is 14.7 Å². The smallest absolute Gasteiger partial charge is 0.410 e. The topological polar surface area (TPSA) is 49.8 Å². The summed E-state index contributed by atoms with van der Waals surface area (Å²) >= 11 is 0. The summed E-state index contributed by atoms with van der Waals surface area (Å²) in [5.41, 5.74) is 4.50. The molecule has 0 unspecified atom stereocenters. The zero-order chi connectivity index (χ0) is 14.8. The number of hydrogen-bond donors (Lipinski definition) is 1. The summed E-state index contributed by atoms with van der Waals surface area (Å²) in [6, 6.07) is 16.0. The molecule has 0 fully saturated rings. The van der Waals surface area contributed by atoms with E-state index in [0.29, 0.717) is 0 Å². The summed E-state index contributed by atoms with van der Waals surface area (Å²) < 4.78 is 5.03. The summed E-state index contributed by atoms with van der Waals surface area (Å²) in [4.78, 5) is 13.7. The van der Waals surface area contributed by atoms with Gasteiger partial charge in [-0.2, -0.15) is 0 Å². The van der Waals surface area contributed by atoms with E-state index in [1.165, 1.54) is 0 Å². The molecule has 0 aromatic heterocycles. The van der Waals surface area contributed by atoms with E-state index in [4.69, 9.17) is 9.84 Å². The molecule has 108 valence electrons. The Hall–Kier alpha value is -2.33. The molecular formula is C17H17NO3. The lowest BCUT2D eigenvalue weighted by Gasteiger charge is -2.25. The zero-order valence-corrected chi connectivity index (χ0v) is 11.8. The van der Waals surface area contributed by atoms with Crippen molar-refractivity contribution in [1.29, 1.82) is 0 Å². The molecule has 4 nitrogen and oxygen atoms in total. The Kier molecular flexibility index (Phi) is 3.62. The number of benzene rings is 2. The van der Waals surface area contributed by atoms with Crippen molar-refractivity contribution in [2.45, 2.75) is 6.04 Å². The lowest BCUT2D eigenvalue weighted by Crippen LogP contribution is -2.32. The predicted molar refractivity (Wildman–Crippen MR) is 79.9 cm³/mol. The number of hydrogen-bond acceptors (Lipinski definition) is 3. The van der Waals surface area contributed by atoms with E-state index < -0.39 is 6.09 Å². The van der Waals surface area contributed by atoms with Crippen LogP contribution in [-0.2, 0) is 4.74 Å². The highest BCUT2D eigenvalue weighted by molar-refractivity contribution is 5.81. The molecule has 0 saturated carbocycles. The Bertz CT molecular complexity index is 623. The first-order valence-corrected chi connectivity index (χ1v) is 6.92. The van der Waals surface area contributed by atoms with Gasteiger partial charge in [0.1, 0.15) is 6.61 Å². The number of fused-ring (bicyclic) bond motifs is 3. The molecule has 1 aliphatic rings. The molecule has 0 radical (unpaired) electrons. The monoisotopic (exact) mass is 283 g/mol. The Morgan fingerprint density at radius 3 is 2.14 bits per heavy atom. The van der Waals surface area contributed by atoms with Crippen LogP contribution < -0.4 is 0 Å². The molecule has 1 aliphatic carbocycles. The highest BCUT2D eigenvalue weighted by Gasteiger charge is 2.33. The Labute approximate surface area is 123 Å². The Morgan fingerprint density at radius 1 is 1.10 bits per heavy atom. The number of amides is 1. The number of ether oxygens (including phenoxy) is 1. The van der Waals surface area contributed by atoms with Crippen LogP contribution in [0.4, 0.5) is 4.79 Å². The van der Waals surface area contributed by atoms with Crippen molar-refractivity contribution in [1.82, 2.24) is 4.90 Å². The lowest BCUT2D eigenvalue weighted by molar-refractivity contribution is 0.0845. The number of carbonyl (C=O) groups excluding carboxylic acids is 1. The van der Waals surface area contributed by atoms with Gasteiger partial charge >= 0.3 is 6.09 Å². The highest BCUT2D eigenvalue weighted by atomic mass is 16.6. The van der Waals surface area contributed by atoms with Crippen LogP contribution in [0.1, 0.15) is 17.2 Å². The number of rotatable bonds is 3. The molecule has 0 spiro atoms. The van der Waals surface area contributed by atoms with Gasteiger partial charge in [-0.25, -0.2) is 4.79 Å². The van der Waals surface area contributed by atoms with Crippen molar-refractivity contribution in [3.05, 3.63) is 59.7 Å². The lowest BCUT2D eigenvalue weighted by atomic mass is 10.0. The molecule has 2 aromatic rings. The molecule has 1 N–H and O–H groups in total. The summed E-state index contributed by atoms with van der Waals surface area (Å²) in [6.45, 7) is -0.156. The summed E-state index contributed by atoms with van der Waals surface area (Å²) in [5.74, 6) is 0. The molecule has 0 aliphatic heterocycles. The van der Waals surface area contributed by atoms with Gasteiger partial charge in [0.2, 0.25) is 0 Å². The molecule has 3 rings (SSSR count). The third-order valence-electron chi connectivity index (χ3n) is 3.79. The molecule has 1 amide bonds. The average Bonchev–Trinajstić information content (AvgIpc) is 2.86. The second kappa shape index (κ2) is 5.58. The molecule has 0 saturated heterocycles. The third kappa shape index (κ3) is 2.28. The molecular weight excluding hydrogens is 266 g/mol. The van der Waals surface area contributed by atoms with E-state index in [9.17, 15) is 4.79 Å². The van der Waals surface area contributed by atoms with E-state index in [1.807, 2.05) is 36.4 Å². The van der Waals surface area contributed by atoms with E-state index in [-0.39, 0.29) is 19.3 Å². The summed E-state index contributed by atoms with van der Waals surface area (Å²) in [7, 11) is 1.73. The first-order chi connectivity index (χ1) is 10.2. The number of aliphatic hydroxyl groups excluding tert-OH is 1. The second-order valence-electron chi connectivity index (χ2n) is 5.03. The van der Waals surface area contributed by atoms with E-state index in [2.05, 4.69) is 12.1 Å². The summed E-state index contributed by atoms with van der Waals surface area (Å²) in [6.07, 6.45) is -0.430. The van der Waals surface area contributed by atoms with Crippen molar-refractivity contribution in [2.24, 2.45) is 0 Å². The van der Waals surface area contributed by atoms with Gasteiger partial charge in [-0.15, -0.1) is 0 Å². The van der Waals surface area contributed by atoms with Crippen LogP contribution >= 0.6 is 0 Å². The first-order valence-electron chi connectivity index (χ1n) is 6.92. The molecule has 4 heteroatoms. The minimum atomic E-state index is -0.430. The molecule has 0 heterocycles. The molecule has 0 bridgehead atoms. The maximum Gasteiger partial charge on any atom is 0.410 e. The van der Waals surface area contributed by atoms with Crippen molar-refractivity contribution >= 4 is 6.09 Å². The molecule has 21 heavy (non-hydrogen) atoms. The number of nitrogens with zero attached hydrogens (tertiary/aromatic N) is 1. The second-order valence-corrected chi connectivity index (χ2v) is 5.03. The van der Waals surface area contributed by atoms with Crippen LogP contribution in [0.15, 0.2) is 48.5 Å². The predicted octanol–water partition coefficient (Wildman–Crippen LogP) is 2.82. The minimum absolute atomic E-state index is 0.0131. The minimum Gasteiger partial charge on any atom is -0.447 e. The van der Waals surface area contributed by atoms with E-state index in [1.54, 1.807) is 11.9 Å². The average molecular weight is 283 g/mol. The van der Waals surface area contributed by atoms with Crippen LogP contribution in [0.5, 0.6) is 0 Å². The van der Waals surface area contributed by atoms with Crippen LogP contribution in [0.25, 0.3) is 11.1 Å². The van der Waals surface area contributed by atoms with Crippen LogP contribution in [0, 0.1) is 0 Å². The fourth-order valence-corrected chi connectivity index (χ4v) is 2.89. The largest absolute Gasteiger partial charge is 0.447 e. The normalized spacial score (nSPS) is 12.7. The third-order valence-corrected chi connectivity index (χ3v) is 3.79. The van der Waals surface area contributed by atoms with Crippen LogP contribution in [-0.4, -0.2) is 36.4 Å². The molecule has 0 atom stereocenters. The Morgan fingerprint density at radius 2 is 1.62 bits per heavy atom. The van der Waals surface area contributed by atoms with Gasteiger partial charge in [-0.05, 0) is 22.3 Å². The fourth-order valence-electron chi connectivity index (χ4n) is 2.89. The van der Waals surface area contributed by atoms with Crippen LogP contribution in [0.3, 0.4) is 0 Å². The molecule has 2 aromatic carbocycles. The van der Waals surface area contributed by atoms with Crippen molar-refractivity contribution in [3.8, 4) is 11.1 Å². The summed E-state index contributed by atoms with van der Waals surface area (Å²) in [5, 5.41) is 8.78. The zero-order valence-electron chi connectivity index (χ0n) is 11.8. The maximum atomic E-state index is 12.1. The highest BCUT2D eigenvalue weighted by Crippen LogP contribution is 2.45. The van der Waals surface area contributed by atoms with Crippen molar-refractivity contribution < 1.29 is 14.6 Å². The fraction of sp³-hybridized carbons (Fsp3) is 0.235. The number of carbonyl (C=O) groups is 1. The number of aliphatic hydroxyl groups is 1. The first kappa shape index (κ1) is 13.6. The Balaban J connectivity index is 2.00. The van der Waals surface area contributed by atoms with Crippen LogP contribution in [0.2, 0.25) is 0 Å². The van der Waals surface area contributed by atoms with Gasteiger partial charge in [0.15, 0.2) is 0 Å².